The molecule has 7 heteroatoms. The minimum atomic E-state index is -1.23. The van der Waals surface area contributed by atoms with Gasteiger partial charge in [-0.1, -0.05) is 12.1 Å². The van der Waals surface area contributed by atoms with Crippen LogP contribution in [0.15, 0.2) is 58.3 Å². The summed E-state index contributed by atoms with van der Waals surface area (Å²) in [7, 11) is -1.23. The number of amides is 1. The lowest BCUT2D eigenvalue weighted by molar-refractivity contribution is 0.0636. The number of hydrogen-bond acceptors (Lipinski definition) is 4. The molecule has 1 heterocycles. The highest BCUT2D eigenvalue weighted by Gasteiger charge is 2.28. The van der Waals surface area contributed by atoms with Gasteiger partial charge in [0, 0.05) is 22.5 Å². The number of rotatable bonds is 2. The second-order valence-corrected chi connectivity index (χ2v) is 8.74. The van der Waals surface area contributed by atoms with Crippen molar-refractivity contribution in [3.8, 4) is 0 Å². The van der Waals surface area contributed by atoms with Gasteiger partial charge >= 0.3 is 6.09 Å². The molecular weight excluding hydrogens is 344 g/mol. The molecule has 1 atom stereocenters. The molecule has 0 saturated heterocycles. The van der Waals surface area contributed by atoms with E-state index in [4.69, 9.17) is 4.74 Å². The third-order valence-corrected chi connectivity index (χ3v) is 6.03. The molecule has 0 radical (unpaired) electrons. The van der Waals surface area contributed by atoms with Crippen molar-refractivity contribution >= 4 is 40.4 Å². The van der Waals surface area contributed by atoms with Crippen LogP contribution in [0.2, 0.25) is 0 Å². The maximum absolute atomic E-state index is 12.5. The first kappa shape index (κ1) is 16.9. The number of carbonyl (C=O) groups is 1. The summed E-state index contributed by atoms with van der Waals surface area (Å²) in [6.07, 6.45) is -0.498. The van der Waals surface area contributed by atoms with Crippen LogP contribution in [-0.4, -0.2) is 15.9 Å². The fourth-order valence-electron chi connectivity index (χ4n) is 2.12. The topological polar surface area (TPSA) is 58.6 Å². The Bertz CT molecular complexity index is 785. The van der Waals surface area contributed by atoms with Crippen molar-refractivity contribution in [2.45, 2.75) is 36.2 Å². The van der Waals surface area contributed by atoms with Gasteiger partial charge in [0.2, 0.25) is 0 Å². The van der Waals surface area contributed by atoms with E-state index >= 15 is 0 Å². The Morgan fingerprint density at radius 1 is 1.12 bits per heavy atom. The van der Waals surface area contributed by atoms with Gasteiger partial charge in [0.25, 0.3) is 0 Å². The van der Waals surface area contributed by atoms with Crippen molar-refractivity contribution in [2.75, 3.05) is 9.03 Å². The molecule has 3 rings (SSSR count). The third kappa shape index (κ3) is 3.73. The molecule has 0 fully saturated rings. The quantitative estimate of drug-likeness (QED) is 0.794. The summed E-state index contributed by atoms with van der Waals surface area (Å²) in [6, 6.07) is 14.8. The molecule has 1 N–H and O–H groups in total. The smallest absolute Gasteiger partial charge is 0.412 e. The Hall–Kier alpha value is -1.99. The molecule has 5 nitrogen and oxygen atoms in total. The molecule has 0 aliphatic carbocycles. The molecule has 0 saturated carbocycles. The van der Waals surface area contributed by atoms with Crippen LogP contribution in [0.4, 0.5) is 16.2 Å². The molecule has 0 spiro atoms. The van der Waals surface area contributed by atoms with E-state index in [-0.39, 0.29) is 0 Å². The first-order valence-electron chi connectivity index (χ1n) is 7.42. The van der Waals surface area contributed by atoms with E-state index in [1.807, 2.05) is 57.2 Å². The van der Waals surface area contributed by atoms with E-state index in [1.165, 1.54) is 11.9 Å². The summed E-state index contributed by atoms with van der Waals surface area (Å²) < 4.78 is 19.5. The van der Waals surface area contributed by atoms with Crippen molar-refractivity contribution < 1.29 is 13.7 Å². The highest BCUT2D eigenvalue weighted by Crippen LogP contribution is 2.42. The lowest BCUT2D eigenvalue weighted by Gasteiger charge is -2.20. The highest BCUT2D eigenvalue weighted by molar-refractivity contribution is 8.14. The van der Waals surface area contributed by atoms with Gasteiger partial charge in [-0.2, -0.15) is 0 Å². The van der Waals surface area contributed by atoms with Crippen molar-refractivity contribution in [2.24, 2.45) is 0 Å². The summed E-state index contributed by atoms with van der Waals surface area (Å²) in [5.41, 5.74) is 0.892. The first-order valence-corrected chi connectivity index (χ1v) is 9.30. The maximum Gasteiger partial charge on any atom is 0.412 e. The standard InChI is InChI=1S/C17H18N2O3S2/c1-17(2,3)22-16(20)18-12-8-10-13(11-9-12)19-23-14-6-4-5-7-15(14)24(19)21/h4-11H,1-3H3,(H,18,20). The molecule has 2 aromatic carbocycles. The van der Waals surface area contributed by atoms with E-state index in [1.54, 1.807) is 15.8 Å². The molecule has 1 amide bonds. The number of nitrogens with one attached hydrogen (secondary N) is 1. The van der Waals surface area contributed by atoms with Crippen LogP contribution in [0, 0.1) is 0 Å². The van der Waals surface area contributed by atoms with Crippen LogP contribution in [0.1, 0.15) is 20.8 Å². The Labute approximate surface area is 148 Å². The number of fused-ring (bicyclic) bond motifs is 1. The monoisotopic (exact) mass is 362 g/mol. The van der Waals surface area contributed by atoms with E-state index in [0.29, 0.717) is 5.69 Å². The van der Waals surface area contributed by atoms with Crippen molar-refractivity contribution in [3.63, 3.8) is 0 Å². The first-order chi connectivity index (χ1) is 11.3. The van der Waals surface area contributed by atoms with Gasteiger partial charge in [-0.3, -0.25) is 5.32 Å². The zero-order chi connectivity index (χ0) is 17.3. The minimum Gasteiger partial charge on any atom is -0.444 e. The predicted molar refractivity (Wildman–Crippen MR) is 97.5 cm³/mol. The third-order valence-electron chi connectivity index (χ3n) is 3.09. The molecule has 126 valence electrons. The average Bonchev–Trinajstić information content (AvgIpc) is 2.84. The highest BCUT2D eigenvalue weighted by atomic mass is 32.2. The van der Waals surface area contributed by atoms with Crippen LogP contribution >= 0.6 is 11.9 Å². The minimum absolute atomic E-state index is 0.498. The molecule has 1 aliphatic heterocycles. The number of nitrogens with zero attached hydrogens (tertiary/aromatic N) is 1. The Kier molecular flexibility index (Phi) is 4.56. The largest absolute Gasteiger partial charge is 0.444 e. The van der Waals surface area contributed by atoms with E-state index in [2.05, 4.69) is 5.32 Å². The second kappa shape index (κ2) is 6.49. The molecule has 24 heavy (non-hydrogen) atoms. The van der Waals surface area contributed by atoms with E-state index < -0.39 is 22.7 Å². The van der Waals surface area contributed by atoms with Crippen LogP contribution < -0.4 is 9.03 Å². The molecule has 1 unspecified atom stereocenters. The van der Waals surface area contributed by atoms with Crippen molar-refractivity contribution in [1.29, 1.82) is 0 Å². The van der Waals surface area contributed by atoms with Crippen LogP contribution in [0.25, 0.3) is 0 Å². The summed E-state index contributed by atoms with van der Waals surface area (Å²) in [6.45, 7) is 5.44. The molecule has 0 bridgehead atoms. The van der Waals surface area contributed by atoms with E-state index in [0.717, 1.165) is 15.5 Å². The lowest BCUT2D eigenvalue weighted by atomic mass is 10.2. The van der Waals surface area contributed by atoms with Gasteiger partial charge in [-0.25, -0.2) is 12.7 Å². The number of hydrogen-bond donors (Lipinski definition) is 1. The molecule has 0 aromatic heterocycles. The zero-order valence-electron chi connectivity index (χ0n) is 13.6. The Balaban J connectivity index is 1.70. The Morgan fingerprint density at radius 2 is 1.79 bits per heavy atom. The number of carbonyl (C=O) groups excluding carboxylic acids is 1. The summed E-state index contributed by atoms with van der Waals surface area (Å²) in [4.78, 5) is 13.6. The average molecular weight is 362 g/mol. The summed E-state index contributed by atoms with van der Waals surface area (Å²) in [5, 5.41) is 2.68. The SMILES string of the molecule is CC(C)(C)OC(=O)Nc1ccc(N2Sc3ccccc3S2=O)cc1. The molecular formula is C17H18N2O3S2. The van der Waals surface area contributed by atoms with Gasteiger partial charge in [-0.05, 0) is 57.2 Å². The maximum atomic E-state index is 12.5. The number of ether oxygens (including phenoxy) is 1. The van der Waals surface area contributed by atoms with Gasteiger partial charge < -0.3 is 4.74 Å². The predicted octanol–water partition coefficient (Wildman–Crippen LogP) is 4.58. The van der Waals surface area contributed by atoms with Gasteiger partial charge in [-0.15, -0.1) is 0 Å². The number of anilines is 2. The number of benzene rings is 2. The Morgan fingerprint density at radius 3 is 2.42 bits per heavy atom. The fraction of sp³-hybridized carbons (Fsp3) is 0.235. The summed E-state index contributed by atoms with van der Waals surface area (Å²) in [5.74, 6) is 0. The van der Waals surface area contributed by atoms with Gasteiger partial charge in [0.15, 0.2) is 11.0 Å². The van der Waals surface area contributed by atoms with Crippen LogP contribution in [0.3, 0.4) is 0 Å². The van der Waals surface area contributed by atoms with E-state index in [9.17, 15) is 9.00 Å². The lowest BCUT2D eigenvalue weighted by Crippen LogP contribution is -2.27. The normalized spacial score (nSPS) is 16.6. The van der Waals surface area contributed by atoms with Gasteiger partial charge in [0.05, 0.1) is 10.6 Å². The second-order valence-electron chi connectivity index (χ2n) is 6.22. The zero-order valence-corrected chi connectivity index (χ0v) is 15.2. The van der Waals surface area contributed by atoms with Gasteiger partial charge in [0.1, 0.15) is 5.60 Å². The van der Waals surface area contributed by atoms with Crippen LogP contribution in [-0.2, 0) is 15.7 Å². The molecule has 2 aromatic rings. The molecule has 1 aliphatic rings. The van der Waals surface area contributed by atoms with Crippen LogP contribution in [0.5, 0.6) is 0 Å². The fourth-order valence-corrected chi connectivity index (χ4v) is 4.83. The summed E-state index contributed by atoms with van der Waals surface area (Å²) >= 11 is 1.45. The van der Waals surface area contributed by atoms with Crippen molar-refractivity contribution in [1.82, 2.24) is 0 Å². The van der Waals surface area contributed by atoms with Crippen molar-refractivity contribution in [3.05, 3.63) is 48.5 Å².